The summed E-state index contributed by atoms with van der Waals surface area (Å²) in [5.41, 5.74) is 0.554. The number of esters is 1. The van der Waals surface area contributed by atoms with Crippen LogP contribution in [0.5, 0.6) is 0 Å². The Morgan fingerprint density at radius 1 is 1.00 bits per heavy atom. The molecule has 30 heavy (non-hydrogen) atoms. The monoisotopic (exact) mass is 409 g/mol. The fraction of sp³-hybridized carbons (Fsp3) is 0.409. The van der Waals surface area contributed by atoms with Crippen LogP contribution in [0.3, 0.4) is 0 Å². The zero-order chi connectivity index (χ0) is 21.8. The molecule has 0 aliphatic rings. The molecule has 8 nitrogen and oxygen atoms in total. The van der Waals surface area contributed by atoms with Gasteiger partial charge in [0.1, 0.15) is 18.0 Å². The Hall–Kier alpha value is -3.13. The highest BCUT2D eigenvalue weighted by Crippen LogP contribution is 2.26. The van der Waals surface area contributed by atoms with Crippen LogP contribution in [-0.2, 0) is 14.3 Å². The molecule has 0 atom stereocenters. The first-order valence-electron chi connectivity index (χ1n) is 9.73. The van der Waals surface area contributed by atoms with Crippen LogP contribution in [0.1, 0.15) is 34.6 Å². The highest BCUT2D eigenvalue weighted by atomic mass is 16.6. The van der Waals surface area contributed by atoms with Crippen LogP contribution in [0.25, 0.3) is 22.3 Å². The molecule has 3 aromatic rings. The molecule has 3 heterocycles. The predicted molar refractivity (Wildman–Crippen MR) is 115 cm³/mol. The van der Waals surface area contributed by atoms with Gasteiger partial charge in [-0.2, -0.15) is 0 Å². The third-order valence-electron chi connectivity index (χ3n) is 4.00. The van der Waals surface area contributed by atoms with Crippen molar-refractivity contribution in [3.05, 3.63) is 43.0 Å². The lowest BCUT2D eigenvalue weighted by atomic mass is 10.1. The molecule has 0 fully saturated rings. The van der Waals surface area contributed by atoms with E-state index in [1.54, 1.807) is 24.8 Å². The number of carbonyl (C=O) groups excluding carboxylic acids is 1. The van der Waals surface area contributed by atoms with Crippen molar-refractivity contribution in [3.63, 3.8) is 0 Å². The van der Waals surface area contributed by atoms with Crippen molar-refractivity contribution in [1.82, 2.24) is 19.9 Å². The second-order valence-corrected chi connectivity index (χ2v) is 8.61. The molecule has 3 aromatic heterocycles. The highest BCUT2D eigenvalue weighted by molar-refractivity contribution is 5.90. The summed E-state index contributed by atoms with van der Waals surface area (Å²) in [5, 5.41) is 4.27. The molecule has 0 aliphatic heterocycles. The third kappa shape index (κ3) is 5.93. The number of ether oxygens (including phenoxy) is 2. The summed E-state index contributed by atoms with van der Waals surface area (Å²) in [6.45, 7) is 9.60. The minimum Gasteiger partial charge on any atom is -0.458 e. The van der Waals surface area contributed by atoms with Gasteiger partial charge < -0.3 is 14.8 Å². The molecule has 1 N–H and O–H groups in total. The van der Waals surface area contributed by atoms with E-state index in [9.17, 15) is 4.79 Å². The van der Waals surface area contributed by atoms with Gasteiger partial charge in [0.2, 0.25) is 0 Å². The fourth-order valence-corrected chi connectivity index (χ4v) is 2.82. The first kappa shape index (κ1) is 21.6. The van der Waals surface area contributed by atoms with E-state index in [1.807, 2.05) is 52.8 Å². The zero-order valence-electron chi connectivity index (χ0n) is 18.0. The first-order valence-corrected chi connectivity index (χ1v) is 9.73. The molecule has 0 unspecified atom stereocenters. The van der Waals surface area contributed by atoms with Gasteiger partial charge in [-0.15, -0.1) is 0 Å². The van der Waals surface area contributed by atoms with Crippen LogP contribution >= 0.6 is 0 Å². The predicted octanol–water partition coefficient (Wildman–Crippen LogP) is 3.64. The Morgan fingerprint density at radius 3 is 2.40 bits per heavy atom. The van der Waals surface area contributed by atoms with Gasteiger partial charge in [-0.05, 0) is 52.8 Å². The van der Waals surface area contributed by atoms with Crippen molar-refractivity contribution < 1.29 is 14.3 Å². The molecule has 0 bridgehead atoms. The van der Waals surface area contributed by atoms with E-state index < -0.39 is 17.1 Å². The fourth-order valence-electron chi connectivity index (χ4n) is 2.82. The number of rotatable bonds is 7. The maximum atomic E-state index is 11.9. The molecule has 0 aromatic carbocycles. The summed E-state index contributed by atoms with van der Waals surface area (Å²) in [7, 11) is 0. The van der Waals surface area contributed by atoms with Crippen molar-refractivity contribution in [2.45, 2.75) is 45.8 Å². The molecule has 0 aliphatic carbocycles. The molecule has 0 spiro atoms. The molecular weight excluding hydrogens is 382 g/mol. The van der Waals surface area contributed by atoms with E-state index in [0.717, 1.165) is 16.5 Å². The van der Waals surface area contributed by atoms with E-state index >= 15 is 0 Å². The minimum atomic E-state index is -0.536. The number of aromatic nitrogens is 4. The second kappa shape index (κ2) is 8.71. The molecule has 0 saturated carbocycles. The van der Waals surface area contributed by atoms with Crippen LogP contribution in [0.2, 0.25) is 0 Å². The molecule has 3 rings (SSSR count). The van der Waals surface area contributed by atoms with Gasteiger partial charge in [0, 0.05) is 29.5 Å². The van der Waals surface area contributed by atoms with Gasteiger partial charge in [-0.3, -0.25) is 9.97 Å². The van der Waals surface area contributed by atoms with Gasteiger partial charge in [0.25, 0.3) is 0 Å². The largest absolute Gasteiger partial charge is 0.458 e. The number of nitrogens with zero attached hydrogens (tertiary/aromatic N) is 4. The summed E-state index contributed by atoms with van der Waals surface area (Å²) < 4.78 is 10.9. The first-order chi connectivity index (χ1) is 14.1. The second-order valence-electron chi connectivity index (χ2n) is 8.61. The van der Waals surface area contributed by atoms with Gasteiger partial charge >= 0.3 is 5.97 Å². The normalized spacial score (nSPS) is 12.0. The van der Waals surface area contributed by atoms with Crippen molar-refractivity contribution in [2.24, 2.45) is 0 Å². The quantitative estimate of drug-likeness (QED) is 0.591. The van der Waals surface area contributed by atoms with E-state index in [-0.39, 0.29) is 13.2 Å². The number of hydrogen-bond acceptors (Lipinski definition) is 8. The van der Waals surface area contributed by atoms with E-state index in [2.05, 4.69) is 20.3 Å². The number of anilines is 1. The van der Waals surface area contributed by atoms with E-state index in [4.69, 9.17) is 14.5 Å². The summed E-state index contributed by atoms with van der Waals surface area (Å²) >= 11 is 0. The average molecular weight is 409 g/mol. The average Bonchev–Trinajstić information content (AvgIpc) is 2.66. The van der Waals surface area contributed by atoms with Crippen LogP contribution in [0.15, 0.2) is 43.0 Å². The lowest BCUT2D eigenvalue weighted by molar-refractivity contribution is -0.160. The number of carbonyl (C=O) groups is 1. The lowest BCUT2D eigenvalue weighted by Crippen LogP contribution is -2.38. The maximum absolute atomic E-state index is 11.9. The lowest BCUT2D eigenvalue weighted by Gasteiger charge is -2.27. The van der Waals surface area contributed by atoms with Crippen molar-refractivity contribution in [1.29, 1.82) is 0 Å². The van der Waals surface area contributed by atoms with E-state index in [0.29, 0.717) is 11.6 Å². The number of fused-ring (bicyclic) bond motifs is 1. The molecule has 0 radical (unpaired) electrons. The minimum absolute atomic E-state index is 0.112. The summed E-state index contributed by atoms with van der Waals surface area (Å²) in [6, 6.07) is 5.58. The summed E-state index contributed by atoms with van der Waals surface area (Å²) in [4.78, 5) is 29.4. The van der Waals surface area contributed by atoms with Crippen molar-refractivity contribution in [3.8, 4) is 11.4 Å². The van der Waals surface area contributed by atoms with Crippen LogP contribution in [0.4, 0.5) is 5.82 Å². The van der Waals surface area contributed by atoms with Gasteiger partial charge in [-0.1, -0.05) is 0 Å². The van der Waals surface area contributed by atoms with Gasteiger partial charge in [0.05, 0.1) is 23.9 Å². The topological polar surface area (TPSA) is 99.1 Å². The summed E-state index contributed by atoms with van der Waals surface area (Å²) in [6.07, 6.45) is 6.81. The SMILES string of the molecule is CC(C)(COCC(=O)OC(C)(C)C)Nc1nc(-c2ccncc2)nc2cnccc12. The highest BCUT2D eigenvalue weighted by Gasteiger charge is 2.23. The Morgan fingerprint density at radius 2 is 1.70 bits per heavy atom. The Kier molecular flexibility index (Phi) is 6.26. The molecule has 8 heteroatoms. The number of hydrogen-bond donors (Lipinski definition) is 1. The Bertz CT molecular complexity index is 1020. The number of nitrogens with one attached hydrogen (secondary N) is 1. The van der Waals surface area contributed by atoms with E-state index in [1.165, 1.54) is 0 Å². The van der Waals surface area contributed by atoms with Crippen LogP contribution < -0.4 is 5.32 Å². The van der Waals surface area contributed by atoms with Gasteiger partial charge in [-0.25, -0.2) is 14.8 Å². The maximum Gasteiger partial charge on any atom is 0.332 e. The van der Waals surface area contributed by atoms with Gasteiger partial charge in [0.15, 0.2) is 5.82 Å². The van der Waals surface area contributed by atoms with Crippen LogP contribution in [0, 0.1) is 0 Å². The van der Waals surface area contributed by atoms with Crippen molar-refractivity contribution in [2.75, 3.05) is 18.5 Å². The molecular formula is C22H27N5O3. The Balaban J connectivity index is 1.77. The molecule has 0 saturated heterocycles. The smallest absolute Gasteiger partial charge is 0.332 e. The third-order valence-corrected chi connectivity index (χ3v) is 4.00. The van der Waals surface area contributed by atoms with Crippen LogP contribution in [-0.4, -0.2) is 50.3 Å². The molecule has 158 valence electrons. The van der Waals surface area contributed by atoms with Crippen molar-refractivity contribution >= 4 is 22.7 Å². The number of pyridine rings is 2. The zero-order valence-corrected chi connectivity index (χ0v) is 18.0. The summed E-state index contributed by atoms with van der Waals surface area (Å²) in [5.74, 6) is 0.850. The standard InChI is InChI=1S/C22H27N5O3/c1-21(2,3)30-18(28)13-29-14-22(4,5)27-20-16-8-11-24-12-17(16)25-19(26-20)15-6-9-23-10-7-15/h6-12H,13-14H2,1-5H3,(H,25,26,27). The Labute approximate surface area is 176 Å². The molecule has 0 amide bonds.